The maximum Gasteiger partial charge on any atom is 0.152 e. The van der Waals surface area contributed by atoms with E-state index in [4.69, 9.17) is 35.9 Å². The molecule has 0 fully saturated rings. The van der Waals surface area contributed by atoms with E-state index in [0.29, 0.717) is 12.8 Å². The summed E-state index contributed by atoms with van der Waals surface area (Å²) in [5.41, 5.74) is 10.5. The number of hydrogen-bond acceptors (Lipinski definition) is 3. The highest BCUT2D eigenvalue weighted by Crippen LogP contribution is 2.29. The second-order valence-corrected chi connectivity index (χ2v) is 5.50. The molecule has 0 heterocycles. The number of rotatable bonds is 10. The first kappa shape index (κ1) is 17.4. The standard InChI is InChI=1S/C13H24N2OS2/c1-3-5-7-8-10(16)13(11(14)17,12(15)18)9-6-4-2/h3-9H2,1-2H3,(H2,14,17)(H2,15,18). The first-order valence-corrected chi connectivity index (χ1v) is 7.38. The fraction of sp³-hybridized carbons (Fsp3) is 0.769. The van der Waals surface area contributed by atoms with Crippen molar-refractivity contribution in [2.45, 2.75) is 58.8 Å². The van der Waals surface area contributed by atoms with Gasteiger partial charge in [0.05, 0.1) is 9.98 Å². The van der Waals surface area contributed by atoms with Crippen LogP contribution in [0.3, 0.4) is 0 Å². The highest BCUT2D eigenvalue weighted by atomic mass is 32.1. The molecule has 0 aromatic rings. The summed E-state index contributed by atoms with van der Waals surface area (Å²) in [5.74, 6) is -0.00981. The summed E-state index contributed by atoms with van der Waals surface area (Å²) in [5, 5.41) is 0. The van der Waals surface area contributed by atoms with Gasteiger partial charge in [-0.15, -0.1) is 0 Å². The fourth-order valence-corrected chi connectivity index (χ4v) is 2.69. The average Bonchev–Trinajstić information content (AvgIpc) is 2.29. The molecule has 0 aliphatic rings. The van der Waals surface area contributed by atoms with Gasteiger partial charge in [-0.05, 0) is 12.8 Å². The van der Waals surface area contributed by atoms with Crippen LogP contribution in [0.15, 0.2) is 0 Å². The highest BCUT2D eigenvalue weighted by molar-refractivity contribution is 7.82. The Bertz CT molecular complexity index is 302. The van der Waals surface area contributed by atoms with Gasteiger partial charge >= 0.3 is 0 Å². The Kier molecular flexibility index (Phi) is 8.27. The van der Waals surface area contributed by atoms with Gasteiger partial charge in [0.25, 0.3) is 0 Å². The molecule has 0 amide bonds. The van der Waals surface area contributed by atoms with Crippen LogP contribution in [-0.4, -0.2) is 15.8 Å². The summed E-state index contributed by atoms with van der Waals surface area (Å²) in [4.78, 5) is 12.7. The van der Waals surface area contributed by atoms with Gasteiger partial charge in [-0.25, -0.2) is 0 Å². The van der Waals surface area contributed by atoms with Crippen LogP contribution in [0.5, 0.6) is 0 Å². The van der Waals surface area contributed by atoms with Gasteiger partial charge in [-0.2, -0.15) is 0 Å². The third-order valence-electron chi connectivity index (χ3n) is 3.23. The third kappa shape index (κ3) is 4.28. The lowest BCUT2D eigenvalue weighted by atomic mass is 9.76. The Balaban J connectivity index is 4.98. The number of carbonyl (C=O) groups excluding carboxylic acids is 1. The summed E-state index contributed by atoms with van der Waals surface area (Å²) in [6.07, 6.45) is 5.71. The Morgan fingerprint density at radius 1 is 1.00 bits per heavy atom. The number of carbonyl (C=O) groups is 1. The largest absolute Gasteiger partial charge is 0.392 e. The Hall–Kier alpha value is -0.550. The number of Topliss-reactive ketones (excluding diaryl/α,β-unsaturated/α-hetero) is 1. The molecule has 0 atom stereocenters. The van der Waals surface area contributed by atoms with Gasteiger partial charge in [-0.3, -0.25) is 4.79 Å². The van der Waals surface area contributed by atoms with Crippen LogP contribution in [0.1, 0.15) is 58.8 Å². The average molecular weight is 288 g/mol. The van der Waals surface area contributed by atoms with E-state index in [-0.39, 0.29) is 15.8 Å². The van der Waals surface area contributed by atoms with E-state index in [2.05, 4.69) is 6.92 Å². The van der Waals surface area contributed by atoms with Gasteiger partial charge in [0.15, 0.2) is 5.78 Å². The lowest BCUT2D eigenvalue weighted by molar-refractivity contribution is -0.123. The van der Waals surface area contributed by atoms with E-state index in [1.807, 2.05) is 6.92 Å². The SMILES string of the molecule is CCCCCC(=O)C(CCCC)(C(N)=S)C(N)=S. The van der Waals surface area contributed by atoms with Crippen molar-refractivity contribution < 1.29 is 4.79 Å². The summed E-state index contributed by atoms with van der Waals surface area (Å²) in [6.45, 7) is 4.14. The molecule has 0 aliphatic carbocycles. The number of nitrogens with two attached hydrogens (primary N) is 2. The maximum atomic E-state index is 12.4. The first-order chi connectivity index (χ1) is 8.43. The van der Waals surface area contributed by atoms with Crippen molar-refractivity contribution in [3.05, 3.63) is 0 Å². The summed E-state index contributed by atoms with van der Waals surface area (Å²) >= 11 is 10.1. The lowest BCUT2D eigenvalue weighted by Crippen LogP contribution is -2.51. The predicted octanol–water partition coefficient (Wildman–Crippen LogP) is 2.88. The zero-order chi connectivity index (χ0) is 14.2. The molecule has 3 nitrogen and oxygen atoms in total. The molecular weight excluding hydrogens is 264 g/mol. The monoisotopic (exact) mass is 288 g/mol. The number of hydrogen-bond donors (Lipinski definition) is 2. The van der Waals surface area contributed by atoms with Crippen LogP contribution < -0.4 is 11.5 Å². The molecule has 0 rings (SSSR count). The molecule has 0 unspecified atom stereocenters. The Labute approximate surface area is 121 Å². The molecule has 0 bridgehead atoms. The van der Waals surface area contributed by atoms with E-state index >= 15 is 0 Å². The molecule has 104 valence electrons. The smallest absolute Gasteiger partial charge is 0.152 e. The minimum atomic E-state index is -1.06. The second-order valence-electron chi connectivity index (χ2n) is 4.62. The molecule has 18 heavy (non-hydrogen) atoms. The van der Waals surface area contributed by atoms with E-state index in [1.54, 1.807) is 0 Å². The molecule has 0 aromatic carbocycles. The zero-order valence-electron chi connectivity index (χ0n) is 11.3. The maximum absolute atomic E-state index is 12.4. The molecule has 0 saturated heterocycles. The van der Waals surface area contributed by atoms with Crippen molar-refractivity contribution >= 4 is 40.2 Å². The van der Waals surface area contributed by atoms with E-state index in [9.17, 15) is 4.79 Å². The van der Waals surface area contributed by atoms with Gasteiger partial charge in [0.2, 0.25) is 0 Å². The molecule has 0 spiro atoms. The predicted molar refractivity (Wildman–Crippen MR) is 84.7 cm³/mol. The van der Waals surface area contributed by atoms with Crippen LogP contribution >= 0.6 is 24.4 Å². The lowest BCUT2D eigenvalue weighted by Gasteiger charge is -2.30. The first-order valence-electron chi connectivity index (χ1n) is 6.56. The molecule has 0 aromatic heterocycles. The van der Waals surface area contributed by atoms with Crippen LogP contribution in [0.4, 0.5) is 0 Å². The molecular formula is C13H24N2OS2. The molecule has 4 N–H and O–H groups in total. The van der Waals surface area contributed by atoms with Crippen molar-refractivity contribution in [2.24, 2.45) is 16.9 Å². The van der Waals surface area contributed by atoms with Gasteiger partial charge in [-0.1, -0.05) is 64.0 Å². The number of ketones is 1. The van der Waals surface area contributed by atoms with Crippen molar-refractivity contribution in [1.29, 1.82) is 0 Å². The van der Waals surface area contributed by atoms with E-state index in [1.165, 1.54) is 0 Å². The molecule has 0 saturated carbocycles. The van der Waals surface area contributed by atoms with Crippen molar-refractivity contribution in [3.63, 3.8) is 0 Å². The van der Waals surface area contributed by atoms with Gasteiger partial charge < -0.3 is 11.5 Å². The minimum Gasteiger partial charge on any atom is -0.392 e. The van der Waals surface area contributed by atoms with Crippen molar-refractivity contribution in [1.82, 2.24) is 0 Å². The van der Waals surface area contributed by atoms with E-state index < -0.39 is 5.41 Å². The fourth-order valence-electron chi connectivity index (χ4n) is 1.97. The molecule has 0 radical (unpaired) electrons. The summed E-state index contributed by atoms with van der Waals surface area (Å²) in [6, 6.07) is 0. The molecule has 5 heteroatoms. The van der Waals surface area contributed by atoms with Crippen LogP contribution in [0.2, 0.25) is 0 Å². The number of unbranched alkanes of at least 4 members (excludes halogenated alkanes) is 3. The van der Waals surface area contributed by atoms with Crippen LogP contribution in [0, 0.1) is 5.41 Å². The van der Waals surface area contributed by atoms with Crippen LogP contribution in [-0.2, 0) is 4.79 Å². The normalized spacial score (nSPS) is 11.2. The quantitative estimate of drug-likeness (QED) is 0.478. The van der Waals surface area contributed by atoms with E-state index in [0.717, 1.165) is 32.1 Å². The summed E-state index contributed by atoms with van der Waals surface area (Å²) in [7, 11) is 0. The van der Waals surface area contributed by atoms with Crippen molar-refractivity contribution in [2.75, 3.05) is 0 Å². The minimum absolute atomic E-state index is 0.00981. The third-order valence-corrected chi connectivity index (χ3v) is 3.93. The molecule has 0 aliphatic heterocycles. The second kappa shape index (κ2) is 8.53. The Morgan fingerprint density at radius 3 is 1.89 bits per heavy atom. The van der Waals surface area contributed by atoms with Crippen molar-refractivity contribution in [3.8, 4) is 0 Å². The topological polar surface area (TPSA) is 69.1 Å². The Morgan fingerprint density at radius 2 is 1.50 bits per heavy atom. The van der Waals surface area contributed by atoms with Gasteiger partial charge in [0.1, 0.15) is 5.41 Å². The van der Waals surface area contributed by atoms with Crippen LogP contribution in [0.25, 0.3) is 0 Å². The number of thiocarbonyl (C=S) groups is 2. The zero-order valence-corrected chi connectivity index (χ0v) is 13.0. The highest BCUT2D eigenvalue weighted by Gasteiger charge is 2.42. The summed E-state index contributed by atoms with van der Waals surface area (Å²) < 4.78 is 0. The van der Waals surface area contributed by atoms with Gasteiger partial charge in [0, 0.05) is 6.42 Å².